The molecule has 0 atom stereocenters. The molecule has 0 bridgehead atoms. The second kappa shape index (κ2) is 7.31. The fourth-order valence-electron chi connectivity index (χ4n) is 3.11. The van der Waals surface area contributed by atoms with Crippen LogP contribution in [-0.4, -0.2) is 17.1 Å². The van der Waals surface area contributed by atoms with Gasteiger partial charge >= 0.3 is 0 Å². The van der Waals surface area contributed by atoms with Crippen LogP contribution in [0.15, 0.2) is 79.1 Å². The number of imidazole rings is 1. The number of nitrogens with one attached hydrogen (secondary N) is 1. The number of hydrogen-bond donors (Lipinski definition) is 1. The van der Waals surface area contributed by atoms with Crippen LogP contribution < -0.4 is 9.64 Å². The number of aromatic amines is 1. The summed E-state index contributed by atoms with van der Waals surface area (Å²) in [5.74, 6) is 0.877. The van der Waals surface area contributed by atoms with Crippen LogP contribution in [0.2, 0.25) is 0 Å². The summed E-state index contributed by atoms with van der Waals surface area (Å²) in [6, 6.07) is 25.1. The SMILES string of the molecule is COc1ccc(CN(Cc2ccccc2)c2ccc3nc[nH]c3c2)cc1. The van der Waals surface area contributed by atoms with Crippen molar-refractivity contribution in [3.8, 4) is 5.75 Å². The van der Waals surface area contributed by atoms with E-state index < -0.39 is 0 Å². The lowest BCUT2D eigenvalue weighted by Gasteiger charge is -2.25. The second-order valence-electron chi connectivity index (χ2n) is 6.29. The van der Waals surface area contributed by atoms with Crippen molar-refractivity contribution in [2.24, 2.45) is 0 Å². The number of fused-ring (bicyclic) bond motifs is 1. The third-order valence-corrected chi connectivity index (χ3v) is 4.52. The van der Waals surface area contributed by atoms with Crippen molar-refractivity contribution in [2.75, 3.05) is 12.0 Å². The van der Waals surface area contributed by atoms with E-state index >= 15 is 0 Å². The normalized spacial score (nSPS) is 10.8. The smallest absolute Gasteiger partial charge is 0.118 e. The molecule has 1 N–H and O–H groups in total. The van der Waals surface area contributed by atoms with Gasteiger partial charge in [0.05, 0.1) is 24.5 Å². The third-order valence-electron chi connectivity index (χ3n) is 4.52. The topological polar surface area (TPSA) is 41.1 Å². The predicted octanol–water partition coefficient (Wildman–Crippen LogP) is 4.78. The van der Waals surface area contributed by atoms with Crippen molar-refractivity contribution in [3.05, 3.63) is 90.3 Å². The van der Waals surface area contributed by atoms with Gasteiger partial charge in [-0.3, -0.25) is 0 Å². The summed E-state index contributed by atoms with van der Waals surface area (Å²) in [6.07, 6.45) is 1.74. The molecule has 0 aliphatic carbocycles. The second-order valence-corrected chi connectivity index (χ2v) is 6.29. The summed E-state index contributed by atoms with van der Waals surface area (Å²) < 4.78 is 5.27. The molecule has 1 aromatic heterocycles. The molecule has 0 radical (unpaired) electrons. The lowest BCUT2D eigenvalue weighted by atomic mass is 10.1. The number of nitrogens with zero attached hydrogens (tertiary/aromatic N) is 2. The molecule has 0 fully saturated rings. The zero-order chi connectivity index (χ0) is 17.8. The van der Waals surface area contributed by atoms with Crippen molar-refractivity contribution in [3.63, 3.8) is 0 Å². The van der Waals surface area contributed by atoms with Crippen LogP contribution in [0, 0.1) is 0 Å². The molecule has 3 aromatic carbocycles. The molecule has 26 heavy (non-hydrogen) atoms. The highest BCUT2D eigenvalue weighted by atomic mass is 16.5. The minimum atomic E-state index is 0.818. The summed E-state index contributed by atoms with van der Waals surface area (Å²) in [6.45, 7) is 1.66. The van der Waals surface area contributed by atoms with E-state index in [0.29, 0.717) is 0 Å². The number of benzene rings is 3. The number of rotatable bonds is 6. The molecular formula is C22H21N3O. The lowest BCUT2D eigenvalue weighted by Crippen LogP contribution is -2.22. The van der Waals surface area contributed by atoms with Crippen LogP contribution in [0.4, 0.5) is 5.69 Å². The van der Waals surface area contributed by atoms with Crippen LogP contribution in [0.5, 0.6) is 5.75 Å². The molecule has 1 heterocycles. The maximum absolute atomic E-state index is 5.27. The first kappa shape index (κ1) is 16.2. The van der Waals surface area contributed by atoms with Crippen LogP contribution in [0.1, 0.15) is 11.1 Å². The molecule has 130 valence electrons. The minimum Gasteiger partial charge on any atom is -0.497 e. The Bertz CT molecular complexity index is 977. The zero-order valence-corrected chi connectivity index (χ0v) is 14.7. The first-order valence-electron chi connectivity index (χ1n) is 8.67. The van der Waals surface area contributed by atoms with Gasteiger partial charge in [0.25, 0.3) is 0 Å². The molecule has 0 spiro atoms. The third kappa shape index (κ3) is 3.54. The monoisotopic (exact) mass is 343 g/mol. The van der Waals surface area contributed by atoms with E-state index in [-0.39, 0.29) is 0 Å². The zero-order valence-electron chi connectivity index (χ0n) is 14.7. The highest BCUT2D eigenvalue weighted by molar-refractivity contribution is 5.79. The van der Waals surface area contributed by atoms with Crippen molar-refractivity contribution in [1.82, 2.24) is 9.97 Å². The van der Waals surface area contributed by atoms with Gasteiger partial charge in [-0.25, -0.2) is 4.98 Å². The van der Waals surface area contributed by atoms with E-state index in [2.05, 4.69) is 69.5 Å². The van der Waals surface area contributed by atoms with Crippen molar-refractivity contribution < 1.29 is 4.74 Å². The van der Waals surface area contributed by atoms with Gasteiger partial charge in [0.15, 0.2) is 0 Å². The average molecular weight is 343 g/mol. The van der Waals surface area contributed by atoms with Gasteiger partial charge in [-0.2, -0.15) is 0 Å². The Morgan fingerprint density at radius 2 is 1.62 bits per heavy atom. The highest BCUT2D eigenvalue weighted by Gasteiger charge is 2.10. The molecule has 0 saturated heterocycles. The molecule has 0 aliphatic rings. The van der Waals surface area contributed by atoms with Crippen LogP contribution in [-0.2, 0) is 13.1 Å². The largest absolute Gasteiger partial charge is 0.497 e. The minimum absolute atomic E-state index is 0.818. The average Bonchev–Trinajstić information content (AvgIpc) is 3.17. The van der Waals surface area contributed by atoms with E-state index in [1.54, 1.807) is 13.4 Å². The number of anilines is 1. The number of hydrogen-bond acceptors (Lipinski definition) is 3. The Morgan fingerprint density at radius 3 is 2.35 bits per heavy atom. The van der Waals surface area contributed by atoms with Gasteiger partial charge in [0, 0.05) is 18.8 Å². The van der Waals surface area contributed by atoms with Gasteiger partial charge in [0.2, 0.25) is 0 Å². The highest BCUT2D eigenvalue weighted by Crippen LogP contribution is 2.24. The van der Waals surface area contributed by atoms with Crippen LogP contribution in [0.25, 0.3) is 11.0 Å². The van der Waals surface area contributed by atoms with Crippen molar-refractivity contribution >= 4 is 16.7 Å². The standard InChI is InChI=1S/C22H21N3O/c1-26-20-10-7-18(8-11-20)15-25(14-17-5-3-2-4-6-17)19-9-12-21-22(13-19)24-16-23-21/h2-13,16H,14-15H2,1H3,(H,23,24). The van der Waals surface area contributed by atoms with Crippen LogP contribution >= 0.6 is 0 Å². The molecule has 0 unspecified atom stereocenters. The Hall–Kier alpha value is -3.27. The fourth-order valence-corrected chi connectivity index (χ4v) is 3.11. The predicted molar refractivity (Wildman–Crippen MR) is 105 cm³/mol. The molecule has 4 aromatic rings. The number of ether oxygens (including phenoxy) is 1. The number of aromatic nitrogens is 2. The Balaban J connectivity index is 1.65. The van der Waals surface area contributed by atoms with Gasteiger partial charge in [-0.1, -0.05) is 42.5 Å². The van der Waals surface area contributed by atoms with Crippen molar-refractivity contribution in [1.29, 1.82) is 0 Å². The fraction of sp³-hybridized carbons (Fsp3) is 0.136. The summed E-state index contributed by atoms with van der Waals surface area (Å²) in [5, 5.41) is 0. The quantitative estimate of drug-likeness (QED) is 0.548. The summed E-state index contributed by atoms with van der Waals surface area (Å²) >= 11 is 0. The maximum Gasteiger partial charge on any atom is 0.118 e. The Morgan fingerprint density at radius 1 is 0.885 bits per heavy atom. The summed E-state index contributed by atoms with van der Waals surface area (Å²) in [4.78, 5) is 9.89. The van der Waals surface area contributed by atoms with Gasteiger partial charge in [-0.05, 0) is 41.5 Å². The Labute approximate surface area is 153 Å². The summed E-state index contributed by atoms with van der Waals surface area (Å²) in [7, 11) is 1.69. The van der Waals surface area contributed by atoms with E-state index in [9.17, 15) is 0 Å². The van der Waals surface area contributed by atoms with Gasteiger partial charge < -0.3 is 14.6 Å². The maximum atomic E-state index is 5.27. The van der Waals surface area contributed by atoms with E-state index in [4.69, 9.17) is 4.74 Å². The first-order chi connectivity index (χ1) is 12.8. The number of methoxy groups -OCH3 is 1. The molecule has 0 saturated carbocycles. The van der Waals surface area contributed by atoms with Crippen LogP contribution in [0.3, 0.4) is 0 Å². The molecular weight excluding hydrogens is 322 g/mol. The molecule has 4 heteroatoms. The van der Waals surface area contributed by atoms with Gasteiger partial charge in [-0.15, -0.1) is 0 Å². The number of H-pyrrole nitrogens is 1. The molecule has 4 nitrogen and oxygen atoms in total. The van der Waals surface area contributed by atoms with Gasteiger partial charge in [0.1, 0.15) is 5.75 Å². The Kier molecular flexibility index (Phi) is 4.56. The molecule has 0 amide bonds. The van der Waals surface area contributed by atoms with E-state index in [1.807, 2.05) is 18.2 Å². The van der Waals surface area contributed by atoms with E-state index in [1.165, 1.54) is 16.8 Å². The lowest BCUT2D eigenvalue weighted by molar-refractivity contribution is 0.414. The molecule has 4 rings (SSSR count). The van der Waals surface area contributed by atoms with E-state index in [0.717, 1.165) is 29.9 Å². The van der Waals surface area contributed by atoms with Crippen molar-refractivity contribution in [2.45, 2.75) is 13.1 Å². The molecule has 0 aliphatic heterocycles. The summed E-state index contributed by atoms with van der Waals surface area (Å²) in [5.41, 5.74) is 5.73. The first-order valence-corrected chi connectivity index (χ1v) is 8.67.